The highest BCUT2D eigenvalue weighted by atomic mass is 19.4. The topological polar surface area (TPSA) is 74.0 Å². The number of rotatable bonds is 2. The molecule has 0 bridgehead atoms. The molecule has 0 aliphatic rings. The minimum absolute atomic E-state index is 0.376. The van der Waals surface area contributed by atoms with E-state index in [4.69, 9.17) is 5.26 Å². The summed E-state index contributed by atoms with van der Waals surface area (Å²) in [5.74, 6) is 0. The van der Waals surface area contributed by atoms with Crippen molar-refractivity contribution in [3.05, 3.63) is 81.8 Å². The van der Waals surface area contributed by atoms with Gasteiger partial charge in [-0.15, -0.1) is 0 Å². The molecule has 0 atom stereocenters. The van der Waals surface area contributed by atoms with Gasteiger partial charge in [0.25, 0.3) is 5.56 Å². The second-order valence-corrected chi connectivity index (χ2v) is 6.51. The fraction of sp³-hybridized carbons (Fsp3) is 0.0952. The first-order chi connectivity index (χ1) is 13.8. The maximum absolute atomic E-state index is 12.9. The van der Waals surface area contributed by atoms with Crippen LogP contribution in [0.2, 0.25) is 0 Å². The maximum atomic E-state index is 12.9. The van der Waals surface area contributed by atoms with E-state index in [1.165, 1.54) is 22.7 Å². The highest BCUT2D eigenvalue weighted by Crippen LogP contribution is 2.33. The largest absolute Gasteiger partial charge is 0.416 e. The van der Waals surface area contributed by atoms with Crippen LogP contribution in [-0.4, -0.2) is 14.6 Å². The van der Waals surface area contributed by atoms with E-state index in [9.17, 15) is 18.0 Å². The molecule has 5 nitrogen and oxygen atoms in total. The van der Waals surface area contributed by atoms with Crippen LogP contribution in [0.1, 0.15) is 16.8 Å². The van der Waals surface area contributed by atoms with Crippen molar-refractivity contribution < 1.29 is 13.2 Å². The van der Waals surface area contributed by atoms with Crippen molar-refractivity contribution in [3.63, 3.8) is 0 Å². The molecule has 0 aliphatic carbocycles. The molecule has 0 amide bonds. The number of nitrogens with one attached hydrogen (secondary N) is 1. The quantitative estimate of drug-likeness (QED) is 0.542. The summed E-state index contributed by atoms with van der Waals surface area (Å²) in [6, 6.07) is 14.8. The van der Waals surface area contributed by atoms with Crippen LogP contribution in [0.25, 0.3) is 28.0 Å². The average molecular weight is 394 g/mol. The number of aromatic amines is 1. The molecule has 29 heavy (non-hydrogen) atoms. The normalized spacial score (nSPS) is 11.6. The van der Waals surface area contributed by atoms with E-state index in [1.807, 2.05) is 6.07 Å². The Bertz CT molecular complexity index is 1310. The fourth-order valence-corrected chi connectivity index (χ4v) is 3.20. The zero-order chi connectivity index (χ0) is 20.8. The number of H-pyrrole nitrogens is 1. The first-order valence-corrected chi connectivity index (χ1v) is 8.59. The molecule has 0 fully saturated rings. The molecular weight excluding hydrogens is 381 g/mol. The Labute approximate surface area is 162 Å². The van der Waals surface area contributed by atoms with Crippen molar-refractivity contribution in [2.75, 3.05) is 0 Å². The summed E-state index contributed by atoms with van der Waals surface area (Å²) in [5, 5.41) is 13.2. The molecular formula is C21H13F3N4O. The Kier molecular flexibility index (Phi) is 4.23. The molecule has 4 aromatic rings. The monoisotopic (exact) mass is 394 g/mol. The summed E-state index contributed by atoms with van der Waals surface area (Å²) >= 11 is 0. The van der Waals surface area contributed by atoms with Gasteiger partial charge in [0.15, 0.2) is 0 Å². The van der Waals surface area contributed by atoms with Crippen LogP contribution in [-0.2, 0) is 6.18 Å². The molecule has 4 rings (SSSR count). The number of halogens is 3. The average Bonchev–Trinajstić information content (AvgIpc) is 3.04. The molecule has 2 heterocycles. The number of aryl methyl sites for hydroxylation is 1. The van der Waals surface area contributed by atoms with Crippen LogP contribution in [0.5, 0.6) is 0 Å². The van der Waals surface area contributed by atoms with E-state index in [0.29, 0.717) is 39.3 Å². The van der Waals surface area contributed by atoms with Crippen molar-refractivity contribution in [1.82, 2.24) is 14.6 Å². The Morgan fingerprint density at radius 3 is 2.24 bits per heavy atom. The number of aromatic nitrogens is 3. The minimum Gasteiger partial charge on any atom is -0.339 e. The van der Waals surface area contributed by atoms with Gasteiger partial charge in [-0.1, -0.05) is 24.3 Å². The highest BCUT2D eigenvalue weighted by Gasteiger charge is 2.30. The van der Waals surface area contributed by atoms with E-state index < -0.39 is 11.7 Å². The smallest absolute Gasteiger partial charge is 0.339 e. The van der Waals surface area contributed by atoms with Gasteiger partial charge in [0.2, 0.25) is 0 Å². The third-order valence-electron chi connectivity index (χ3n) is 4.62. The number of hydrogen-bond donors (Lipinski definition) is 1. The van der Waals surface area contributed by atoms with E-state index in [0.717, 1.165) is 12.1 Å². The van der Waals surface area contributed by atoms with Gasteiger partial charge < -0.3 is 4.98 Å². The van der Waals surface area contributed by atoms with Crippen molar-refractivity contribution in [3.8, 4) is 28.5 Å². The third kappa shape index (κ3) is 3.27. The molecule has 1 N–H and O–H groups in total. The van der Waals surface area contributed by atoms with E-state index in [2.05, 4.69) is 10.1 Å². The summed E-state index contributed by atoms with van der Waals surface area (Å²) in [7, 11) is 0. The standard InChI is InChI=1S/C21H13F3N4O/c1-12-19(15-6-8-16(9-7-15)21(22,23)24)20-26-17(10-18(29)28(20)27-12)14-4-2-13(11-25)3-5-14/h2-10,26H,1H3. The predicted molar refractivity (Wildman–Crippen MR) is 101 cm³/mol. The number of nitriles is 1. The first-order valence-electron chi connectivity index (χ1n) is 8.59. The van der Waals surface area contributed by atoms with Crippen molar-refractivity contribution in [2.45, 2.75) is 13.1 Å². The number of alkyl halides is 3. The van der Waals surface area contributed by atoms with Crippen molar-refractivity contribution in [1.29, 1.82) is 5.26 Å². The molecule has 0 spiro atoms. The second kappa shape index (κ2) is 6.63. The Hall–Kier alpha value is -3.86. The van der Waals surface area contributed by atoms with Crippen LogP contribution in [0.15, 0.2) is 59.4 Å². The predicted octanol–water partition coefficient (Wildman–Crippen LogP) is 4.56. The van der Waals surface area contributed by atoms with Crippen LogP contribution < -0.4 is 5.56 Å². The zero-order valence-corrected chi connectivity index (χ0v) is 15.1. The van der Waals surface area contributed by atoms with Crippen molar-refractivity contribution in [2.24, 2.45) is 0 Å². The van der Waals surface area contributed by atoms with Gasteiger partial charge in [-0.25, -0.2) is 0 Å². The molecule has 0 saturated carbocycles. The van der Waals surface area contributed by atoms with E-state index in [-0.39, 0.29) is 5.56 Å². The molecule has 2 aromatic carbocycles. The van der Waals surface area contributed by atoms with Gasteiger partial charge in [0.05, 0.1) is 28.6 Å². The van der Waals surface area contributed by atoms with Crippen LogP contribution in [0, 0.1) is 18.3 Å². The molecule has 144 valence electrons. The number of benzene rings is 2. The van der Waals surface area contributed by atoms with Gasteiger partial charge in [-0.05, 0) is 42.3 Å². The van der Waals surface area contributed by atoms with Gasteiger partial charge in [0.1, 0.15) is 5.65 Å². The van der Waals surface area contributed by atoms with E-state index >= 15 is 0 Å². The summed E-state index contributed by atoms with van der Waals surface area (Å²) in [4.78, 5) is 15.7. The Balaban J connectivity index is 1.89. The SMILES string of the molecule is Cc1nn2c(=O)cc(-c3ccc(C#N)cc3)[nH]c2c1-c1ccc(C(F)(F)F)cc1. The molecule has 0 radical (unpaired) electrons. The minimum atomic E-state index is -4.42. The summed E-state index contributed by atoms with van der Waals surface area (Å²) < 4.78 is 39.8. The summed E-state index contributed by atoms with van der Waals surface area (Å²) in [6.45, 7) is 1.69. The number of fused-ring (bicyclic) bond motifs is 1. The zero-order valence-electron chi connectivity index (χ0n) is 15.1. The van der Waals surface area contributed by atoms with Gasteiger partial charge >= 0.3 is 6.18 Å². The highest BCUT2D eigenvalue weighted by molar-refractivity contribution is 5.81. The lowest BCUT2D eigenvalue weighted by atomic mass is 10.0. The van der Waals surface area contributed by atoms with Crippen LogP contribution >= 0.6 is 0 Å². The summed E-state index contributed by atoms with van der Waals surface area (Å²) in [5.41, 5.74) is 2.53. The summed E-state index contributed by atoms with van der Waals surface area (Å²) in [6.07, 6.45) is -4.42. The van der Waals surface area contributed by atoms with E-state index in [1.54, 1.807) is 31.2 Å². The number of nitrogens with zero attached hydrogens (tertiary/aromatic N) is 3. The third-order valence-corrected chi connectivity index (χ3v) is 4.62. The van der Waals surface area contributed by atoms with Gasteiger partial charge in [-0.2, -0.15) is 28.0 Å². The molecule has 2 aromatic heterocycles. The van der Waals surface area contributed by atoms with Gasteiger partial charge in [0, 0.05) is 11.6 Å². The molecule has 0 unspecified atom stereocenters. The Morgan fingerprint density at radius 1 is 1.03 bits per heavy atom. The maximum Gasteiger partial charge on any atom is 0.416 e. The van der Waals surface area contributed by atoms with Crippen LogP contribution in [0.4, 0.5) is 13.2 Å². The lowest BCUT2D eigenvalue weighted by molar-refractivity contribution is -0.137. The lowest BCUT2D eigenvalue weighted by Gasteiger charge is -2.08. The molecule has 0 saturated heterocycles. The number of hydrogen-bond acceptors (Lipinski definition) is 3. The first kappa shape index (κ1) is 18.5. The second-order valence-electron chi connectivity index (χ2n) is 6.51. The lowest BCUT2D eigenvalue weighted by Crippen LogP contribution is -2.14. The Morgan fingerprint density at radius 2 is 1.66 bits per heavy atom. The van der Waals surface area contributed by atoms with Gasteiger partial charge in [-0.3, -0.25) is 4.79 Å². The fourth-order valence-electron chi connectivity index (χ4n) is 3.20. The van der Waals surface area contributed by atoms with Crippen LogP contribution in [0.3, 0.4) is 0 Å². The van der Waals surface area contributed by atoms with Crippen molar-refractivity contribution >= 4 is 5.65 Å². The molecule has 8 heteroatoms. The molecule has 0 aliphatic heterocycles.